The molecule has 0 aromatic heterocycles. The van der Waals surface area contributed by atoms with Crippen LogP contribution in [0.2, 0.25) is 0 Å². The first-order chi connectivity index (χ1) is 11.1. The number of rotatable bonds is 5. The number of benzene rings is 1. The minimum absolute atomic E-state index is 0.0608. The summed E-state index contributed by atoms with van der Waals surface area (Å²) in [6.45, 7) is 6.17. The topological polar surface area (TPSA) is 77.0 Å². The van der Waals surface area contributed by atoms with Crippen molar-refractivity contribution in [2.45, 2.75) is 32.8 Å². The van der Waals surface area contributed by atoms with Gasteiger partial charge in [0.1, 0.15) is 6.54 Å². The number of amides is 1. The van der Waals surface area contributed by atoms with Gasteiger partial charge in [-0.2, -0.15) is 0 Å². The van der Waals surface area contributed by atoms with Crippen molar-refractivity contribution in [2.24, 2.45) is 4.99 Å². The fourth-order valence-corrected chi connectivity index (χ4v) is 2.58. The lowest BCUT2D eigenvalue weighted by molar-refractivity contribution is -0.114. The molecule has 1 fully saturated rings. The zero-order valence-corrected chi connectivity index (χ0v) is 13.9. The van der Waals surface area contributed by atoms with Gasteiger partial charge < -0.3 is 20.6 Å². The number of carbonyl (C=O) groups is 1. The molecule has 6 heteroatoms. The predicted molar refractivity (Wildman–Crippen MR) is 92.6 cm³/mol. The van der Waals surface area contributed by atoms with E-state index in [4.69, 9.17) is 0 Å². The molecule has 0 unspecified atom stereocenters. The first-order valence-electron chi connectivity index (χ1n) is 8.22. The second-order valence-electron chi connectivity index (χ2n) is 5.66. The molecule has 1 aliphatic rings. The molecular formula is C17H26N4O2. The van der Waals surface area contributed by atoms with E-state index in [1.54, 1.807) is 0 Å². The van der Waals surface area contributed by atoms with E-state index in [1.807, 2.05) is 36.1 Å². The van der Waals surface area contributed by atoms with Crippen molar-refractivity contribution in [1.82, 2.24) is 10.2 Å². The Morgan fingerprint density at radius 1 is 1.43 bits per heavy atom. The maximum atomic E-state index is 12.1. The van der Waals surface area contributed by atoms with Gasteiger partial charge in [0.15, 0.2) is 5.96 Å². The summed E-state index contributed by atoms with van der Waals surface area (Å²) in [4.78, 5) is 18.4. The molecule has 0 saturated carbocycles. The summed E-state index contributed by atoms with van der Waals surface area (Å²) in [5.74, 6) is 0.537. The highest BCUT2D eigenvalue weighted by Crippen LogP contribution is 2.11. The average Bonchev–Trinajstić information content (AvgIpc) is 2.98. The van der Waals surface area contributed by atoms with Gasteiger partial charge in [-0.05, 0) is 37.5 Å². The summed E-state index contributed by atoms with van der Waals surface area (Å²) >= 11 is 0. The standard InChI is InChI=1S/C17H26N4O2/c1-3-13-6-5-7-14(10-13)20-16(23)11-19-17(18-4-2)21-9-8-15(22)12-21/h5-7,10,15,22H,3-4,8-9,11-12H2,1-2H3,(H,18,19)(H,20,23)/t15-/m1/s1. The second kappa shape index (κ2) is 8.53. The summed E-state index contributed by atoms with van der Waals surface area (Å²) < 4.78 is 0. The van der Waals surface area contributed by atoms with Crippen LogP contribution in [0.5, 0.6) is 0 Å². The third-order valence-corrected chi connectivity index (χ3v) is 3.79. The average molecular weight is 318 g/mol. The van der Waals surface area contributed by atoms with E-state index in [2.05, 4.69) is 22.5 Å². The van der Waals surface area contributed by atoms with Crippen molar-refractivity contribution in [3.8, 4) is 0 Å². The molecule has 1 aliphatic heterocycles. The lowest BCUT2D eigenvalue weighted by Crippen LogP contribution is -2.41. The first-order valence-corrected chi connectivity index (χ1v) is 8.22. The summed E-state index contributed by atoms with van der Waals surface area (Å²) in [6.07, 6.45) is 1.36. The largest absolute Gasteiger partial charge is 0.391 e. The number of guanidine groups is 1. The van der Waals surface area contributed by atoms with Gasteiger partial charge in [0.25, 0.3) is 0 Å². The number of anilines is 1. The highest BCUT2D eigenvalue weighted by Gasteiger charge is 2.22. The SMILES string of the molecule is CCNC(=NCC(=O)Nc1cccc(CC)c1)N1CC[C@@H](O)C1. The third-order valence-electron chi connectivity index (χ3n) is 3.79. The number of nitrogens with one attached hydrogen (secondary N) is 2. The summed E-state index contributed by atoms with van der Waals surface area (Å²) in [5, 5.41) is 15.7. The summed E-state index contributed by atoms with van der Waals surface area (Å²) in [5.41, 5.74) is 1.98. The zero-order chi connectivity index (χ0) is 16.7. The number of aliphatic imine (C=N–C) groups is 1. The molecule has 1 amide bonds. The van der Waals surface area contributed by atoms with Gasteiger partial charge in [0, 0.05) is 25.3 Å². The van der Waals surface area contributed by atoms with E-state index >= 15 is 0 Å². The monoisotopic (exact) mass is 318 g/mol. The third kappa shape index (κ3) is 5.25. The number of likely N-dealkylation sites (tertiary alicyclic amines) is 1. The molecular weight excluding hydrogens is 292 g/mol. The number of carbonyl (C=O) groups excluding carboxylic acids is 1. The van der Waals surface area contributed by atoms with E-state index in [1.165, 1.54) is 5.56 Å². The lowest BCUT2D eigenvalue weighted by Gasteiger charge is -2.20. The molecule has 1 aromatic rings. The Morgan fingerprint density at radius 2 is 2.26 bits per heavy atom. The number of nitrogens with zero attached hydrogens (tertiary/aromatic N) is 2. The maximum Gasteiger partial charge on any atom is 0.246 e. The number of hydrogen-bond donors (Lipinski definition) is 3. The molecule has 2 rings (SSSR count). The van der Waals surface area contributed by atoms with Gasteiger partial charge in [0.2, 0.25) is 5.91 Å². The quantitative estimate of drug-likeness (QED) is 0.563. The molecule has 126 valence electrons. The van der Waals surface area contributed by atoms with E-state index < -0.39 is 0 Å². The molecule has 0 bridgehead atoms. The highest BCUT2D eigenvalue weighted by atomic mass is 16.3. The van der Waals surface area contributed by atoms with Crippen molar-refractivity contribution in [3.05, 3.63) is 29.8 Å². The van der Waals surface area contributed by atoms with E-state index in [-0.39, 0.29) is 18.6 Å². The Balaban J connectivity index is 1.94. The van der Waals surface area contributed by atoms with Gasteiger partial charge in [0.05, 0.1) is 6.10 Å². The molecule has 1 heterocycles. The van der Waals surface area contributed by atoms with Crippen LogP contribution in [0.4, 0.5) is 5.69 Å². The predicted octanol–water partition coefficient (Wildman–Crippen LogP) is 1.22. The number of aliphatic hydroxyl groups is 1. The maximum absolute atomic E-state index is 12.1. The fourth-order valence-electron chi connectivity index (χ4n) is 2.58. The molecule has 1 atom stereocenters. The van der Waals surface area contributed by atoms with Gasteiger partial charge in [-0.1, -0.05) is 19.1 Å². The van der Waals surface area contributed by atoms with Crippen LogP contribution in [-0.4, -0.2) is 54.2 Å². The van der Waals surface area contributed by atoms with E-state index in [0.717, 1.165) is 31.6 Å². The number of aliphatic hydroxyl groups excluding tert-OH is 1. The highest BCUT2D eigenvalue weighted by molar-refractivity contribution is 5.94. The van der Waals surface area contributed by atoms with Crippen molar-refractivity contribution >= 4 is 17.6 Å². The zero-order valence-electron chi connectivity index (χ0n) is 13.9. The van der Waals surface area contributed by atoms with Crippen LogP contribution in [0.3, 0.4) is 0 Å². The smallest absolute Gasteiger partial charge is 0.246 e. The number of β-amino-alcohol motifs (C(OH)–C–C–N with tert-alkyl or cyclic N) is 1. The van der Waals surface area contributed by atoms with Crippen molar-refractivity contribution in [3.63, 3.8) is 0 Å². The second-order valence-corrected chi connectivity index (χ2v) is 5.66. The molecule has 3 N–H and O–H groups in total. The lowest BCUT2D eigenvalue weighted by atomic mass is 10.1. The summed E-state index contributed by atoms with van der Waals surface area (Å²) in [7, 11) is 0. The minimum atomic E-state index is -0.315. The van der Waals surface area contributed by atoms with Crippen LogP contribution >= 0.6 is 0 Å². The molecule has 23 heavy (non-hydrogen) atoms. The fraction of sp³-hybridized carbons (Fsp3) is 0.529. The van der Waals surface area contributed by atoms with Crippen LogP contribution < -0.4 is 10.6 Å². The molecule has 1 saturated heterocycles. The van der Waals surface area contributed by atoms with Crippen molar-refractivity contribution < 1.29 is 9.90 Å². The van der Waals surface area contributed by atoms with Crippen LogP contribution in [0.1, 0.15) is 25.8 Å². The van der Waals surface area contributed by atoms with Crippen LogP contribution in [0.25, 0.3) is 0 Å². The van der Waals surface area contributed by atoms with Crippen LogP contribution in [0.15, 0.2) is 29.3 Å². The first kappa shape index (κ1) is 17.3. The van der Waals surface area contributed by atoms with E-state index in [9.17, 15) is 9.90 Å². The molecule has 0 aliphatic carbocycles. The van der Waals surface area contributed by atoms with Gasteiger partial charge >= 0.3 is 0 Å². The number of hydrogen-bond acceptors (Lipinski definition) is 3. The van der Waals surface area contributed by atoms with E-state index in [0.29, 0.717) is 12.5 Å². The molecule has 1 aromatic carbocycles. The van der Waals surface area contributed by atoms with Crippen molar-refractivity contribution in [2.75, 3.05) is 31.5 Å². The summed E-state index contributed by atoms with van der Waals surface area (Å²) in [6, 6.07) is 7.83. The van der Waals surface area contributed by atoms with Crippen LogP contribution in [-0.2, 0) is 11.2 Å². The normalized spacial score (nSPS) is 18.1. The van der Waals surface area contributed by atoms with Gasteiger partial charge in [-0.25, -0.2) is 4.99 Å². The van der Waals surface area contributed by atoms with Gasteiger partial charge in [-0.3, -0.25) is 4.79 Å². The molecule has 0 spiro atoms. The Bertz CT molecular complexity index is 559. The Morgan fingerprint density at radius 3 is 2.91 bits per heavy atom. The molecule has 0 radical (unpaired) electrons. The van der Waals surface area contributed by atoms with Crippen LogP contribution in [0, 0.1) is 0 Å². The Labute approximate surface area is 137 Å². The minimum Gasteiger partial charge on any atom is -0.391 e. The number of aryl methyl sites for hydroxylation is 1. The Hall–Kier alpha value is -2.08. The molecule has 6 nitrogen and oxygen atoms in total. The van der Waals surface area contributed by atoms with Gasteiger partial charge in [-0.15, -0.1) is 0 Å². The Kier molecular flexibility index (Phi) is 6.40. The van der Waals surface area contributed by atoms with Crippen molar-refractivity contribution in [1.29, 1.82) is 0 Å².